The number of carbonyl (C=O) groups is 4. The van der Waals surface area contributed by atoms with Crippen molar-refractivity contribution in [2.45, 2.75) is 66.0 Å². The summed E-state index contributed by atoms with van der Waals surface area (Å²) in [5.74, 6) is -1.81. The molecule has 2 atom stereocenters. The average molecular weight is 507 g/mol. The highest BCUT2D eigenvalue weighted by Gasteiger charge is 2.38. The van der Waals surface area contributed by atoms with Gasteiger partial charge in [-0.15, -0.1) is 0 Å². The van der Waals surface area contributed by atoms with E-state index < -0.39 is 23.2 Å². The van der Waals surface area contributed by atoms with E-state index in [0.29, 0.717) is 43.0 Å². The van der Waals surface area contributed by atoms with Crippen LogP contribution < -0.4 is 10.6 Å². The number of nitrogens with one attached hydrogen (secondary N) is 2. The Balaban J connectivity index is 2.01. The van der Waals surface area contributed by atoms with Crippen LogP contribution in [-0.2, 0) is 14.4 Å². The Hall–Kier alpha value is -3.01. The summed E-state index contributed by atoms with van der Waals surface area (Å²) < 4.78 is 13.1. The molecule has 1 saturated heterocycles. The first-order valence-corrected chi connectivity index (χ1v) is 12.4. The molecule has 1 aliphatic heterocycles. The molecule has 10 heteroatoms. The van der Waals surface area contributed by atoms with E-state index in [4.69, 9.17) is 0 Å². The molecular formula is C26H39FN4O5. The number of carbonyl (C=O) groups excluding carboxylic acids is 4. The van der Waals surface area contributed by atoms with Crippen molar-refractivity contribution >= 4 is 24.1 Å². The van der Waals surface area contributed by atoms with Gasteiger partial charge >= 0.3 is 0 Å². The van der Waals surface area contributed by atoms with Crippen molar-refractivity contribution in [1.29, 1.82) is 0 Å². The highest BCUT2D eigenvalue weighted by molar-refractivity contribution is 5.94. The highest BCUT2D eigenvalue weighted by atomic mass is 19.1. The fourth-order valence-corrected chi connectivity index (χ4v) is 4.31. The number of hydrogen-bond acceptors (Lipinski definition) is 5. The first-order chi connectivity index (χ1) is 16.8. The molecule has 2 rings (SSSR count). The third-order valence-corrected chi connectivity index (χ3v) is 6.30. The Kier molecular flexibility index (Phi) is 10.4. The van der Waals surface area contributed by atoms with Gasteiger partial charge in [0, 0.05) is 24.7 Å². The van der Waals surface area contributed by atoms with Crippen LogP contribution in [0.3, 0.4) is 0 Å². The van der Waals surface area contributed by atoms with Crippen molar-refractivity contribution in [3.8, 4) is 0 Å². The smallest absolute Gasteiger partial charge is 0.251 e. The fourth-order valence-electron chi connectivity index (χ4n) is 4.31. The van der Waals surface area contributed by atoms with Gasteiger partial charge in [0.15, 0.2) is 0 Å². The molecule has 0 spiro atoms. The lowest BCUT2D eigenvalue weighted by Crippen LogP contribution is -2.58. The van der Waals surface area contributed by atoms with Gasteiger partial charge in [-0.25, -0.2) is 9.45 Å². The molecule has 0 bridgehead atoms. The van der Waals surface area contributed by atoms with E-state index in [9.17, 15) is 28.8 Å². The van der Waals surface area contributed by atoms with Crippen LogP contribution in [0.25, 0.3) is 0 Å². The van der Waals surface area contributed by atoms with Crippen LogP contribution in [0.4, 0.5) is 4.39 Å². The minimum atomic E-state index is -0.798. The predicted molar refractivity (Wildman–Crippen MR) is 132 cm³/mol. The summed E-state index contributed by atoms with van der Waals surface area (Å²) in [6.45, 7) is 10.2. The van der Waals surface area contributed by atoms with Crippen molar-refractivity contribution in [2.75, 3.05) is 19.6 Å². The molecule has 0 aliphatic carbocycles. The molecule has 1 aromatic rings. The van der Waals surface area contributed by atoms with Crippen LogP contribution in [0.15, 0.2) is 24.3 Å². The molecule has 1 heterocycles. The molecule has 0 saturated carbocycles. The summed E-state index contributed by atoms with van der Waals surface area (Å²) in [5.41, 5.74) is -0.204. The van der Waals surface area contributed by atoms with Crippen molar-refractivity contribution in [1.82, 2.24) is 20.6 Å². The van der Waals surface area contributed by atoms with Crippen molar-refractivity contribution in [3.63, 3.8) is 0 Å². The number of benzene rings is 1. The second-order valence-electron chi connectivity index (χ2n) is 10.9. The zero-order valence-corrected chi connectivity index (χ0v) is 21.8. The Morgan fingerprint density at radius 1 is 1.17 bits per heavy atom. The summed E-state index contributed by atoms with van der Waals surface area (Å²) >= 11 is 0. The number of likely N-dealkylation sites (tertiary alicyclic amines) is 1. The lowest BCUT2D eigenvalue weighted by molar-refractivity contribution is -0.156. The average Bonchev–Trinajstić information content (AvgIpc) is 2.81. The maximum atomic E-state index is 13.5. The molecule has 3 N–H and O–H groups in total. The van der Waals surface area contributed by atoms with E-state index in [1.165, 1.54) is 24.3 Å². The number of hydrogen-bond donors (Lipinski definition) is 3. The Labute approximate surface area is 212 Å². The second kappa shape index (κ2) is 12.8. The molecule has 200 valence electrons. The number of nitrogens with zero attached hydrogens (tertiary/aromatic N) is 2. The summed E-state index contributed by atoms with van der Waals surface area (Å²) in [7, 11) is 0. The summed E-state index contributed by atoms with van der Waals surface area (Å²) in [5, 5.41) is 15.9. The minimum absolute atomic E-state index is 0.122. The Morgan fingerprint density at radius 3 is 2.25 bits per heavy atom. The van der Waals surface area contributed by atoms with Gasteiger partial charge in [-0.3, -0.25) is 24.4 Å². The minimum Gasteiger partial charge on any atom is -0.349 e. The largest absolute Gasteiger partial charge is 0.349 e. The molecule has 1 aromatic carbocycles. The monoisotopic (exact) mass is 506 g/mol. The zero-order chi connectivity index (χ0) is 27.0. The number of piperidine rings is 1. The van der Waals surface area contributed by atoms with E-state index in [1.54, 1.807) is 4.90 Å². The molecule has 36 heavy (non-hydrogen) atoms. The van der Waals surface area contributed by atoms with Gasteiger partial charge in [0.05, 0.1) is 12.5 Å². The van der Waals surface area contributed by atoms with Gasteiger partial charge < -0.3 is 15.5 Å². The third-order valence-electron chi connectivity index (χ3n) is 6.30. The van der Waals surface area contributed by atoms with Gasteiger partial charge in [-0.05, 0) is 54.9 Å². The topological polar surface area (TPSA) is 119 Å². The Morgan fingerprint density at radius 2 is 1.75 bits per heavy atom. The predicted octanol–water partition coefficient (Wildman–Crippen LogP) is 2.59. The molecule has 9 nitrogen and oxygen atoms in total. The third kappa shape index (κ3) is 8.58. The fraction of sp³-hybridized carbons (Fsp3) is 0.615. The molecule has 0 aromatic heterocycles. The maximum Gasteiger partial charge on any atom is 0.251 e. The standard InChI is InChI=1S/C26H39FN4O5/c1-17(2)14-19(15-31(36)16-32)24(34)29-22(26(3,4)5)25(35)30-12-10-21(11-13-30)28-23(33)18-6-8-20(27)9-7-18/h6-9,16-17,19,21-22,36H,10-15H2,1-5H3,(H,28,33)(H,29,34)/t19-,22-/m1/s1. The molecule has 1 aliphatic rings. The molecular weight excluding hydrogens is 467 g/mol. The molecule has 0 radical (unpaired) electrons. The summed E-state index contributed by atoms with van der Waals surface area (Å²) in [6, 6.07) is 4.41. The normalized spacial score (nSPS) is 16.3. The SMILES string of the molecule is CC(C)C[C@H](CN(O)C=O)C(=O)N[C@H](C(=O)N1CCC(NC(=O)c2ccc(F)cc2)CC1)C(C)(C)C. The van der Waals surface area contributed by atoms with Gasteiger partial charge in [0.2, 0.25) is 18.2 Å². The maximum absolute atomic E-state index is 13.5. The van der Waals surface area contributed by atoms with Gasteiger partial charge in [-0.1, -0.05) is 34.6 Å². The van der Waals surface area contributed by atoms with Crippen LogP contribution >= 0.6 is 0 Å². The van der Waals surface area contributed by atoms with Gasteiger partial charge in [0.25, 0.3) is 5.91 Å². The zero-order valence-electron chi connectivity index (χ0n) is 21.8. The van der Waals surface area contributed by atoms with Crippen LogP contribution in [0, 0.1) is 23.1 Å². The van der Waals surface area contributed by atoms with E-state index in [0.717, 1.165) is 0 Å². The second-order valence-corrected chi connectivity index (χ2v) is 10.9. The summed E-state index contributed by atoms with van der Waals surface area (Å²) in [4.78, 5) is 51.6. The van der Waals surface area contributed by atoms with E-state index in [1.807, 2.05) is 34.6 Å². The van der Waals surface area contributed by atoms with Crippen LogP contribution in [0.5, 0.6) is 0 Å². The number of rotatable bonds is 10. The lowest BCUT2D eigenvalue weighted by Gasteiger charge is -2.39. The number of hydroxylamine groups is 2. The summed E-state index contributed by atoms with van der Waals surface area (Å²) in [6.07, 6.45) is 1.81. The Bertz CT molecular complexity index is 908. The molecule has 0 unspecified atom stereocenters. The van der Waals surface area contributed by atoms with Crippen LogP contribution in [0.1, 0.15) is 64.2 Å². The molecule has 1 fully saturated rings. The number of amides is 4. The van der Waals surface area contributed by atoms with Crippen molar-refractivity contribution < 1.29 is 28.8 Å². The van der Waals surface area contributed by atoms with E-state index in [-0.39, 0.29) is 42.6 Å². The van der Waals surface area contributed by atoms with E-state index in [2.05, 4.69) is 10.6 Å². The van der Waals surface area contributed by atoms with Crippen molar-refractivity contribution in [3.05, 3.63) is 35.6 Å². The van der Waals surface area contributed by atoms with E-state index >= 15 is 0 Å². The van der Waals surface area contributed by atoms with Crippen LogP contribution in [-0.4, -0.2) is 71.0 Å². The highest BCUT2D eigenvalue weighted by Crippen LogP contribution is 2.24. The van der Waals surface area contributed by atoms with Crippen LogP contribution in [0.2, 0.25) is 0 Å². The quantitative estimate of drug-likeness (QED) is 0.256. The first kappa shape index (κ1) is 29.2. The van der Waals surface area contributed by atoms with Gasteiger partial charge in [-0.2, -0.15) is 0 Å². The van der Waals surface area contributed by atoms with Gasteiger partial charge in [0.1, 0.15) is 11.9 Å². The number of halogens is 1. The molecule has 4 amide bonds. The lowest BCUT2D eigenvalue weighted by atomic mass is 9.84. The van der Waals surface area contributed by atoms with Crippen molar-refractivity contribution in [2.24, 2.45) is 17.3 Å². The first-order valence-electron chi connectivity index (χ1n) is 12.4.